The molecule has 0 unspecified atom stereocenters. The molecule has 1 aromatic rings. The highest BCUT2D eigenvalue weighted by Gasteiger charge is 2.23. The molecule has 1 atom stereocenters. The molecule has 0 aromatic heterocycles. The molecule has 2 nitrogen and oxygen atoms in total. The number of benzene rings is 1. The fourth-order valence-corrected chi connectivity index (χ4v) is 3.34. The third-order valence-corrected chi connectivity index (χ3v) is 4.39. The molecule has 0 heterocycles. The van der Waals surface area contributed by atoms with Gasteiger partial charge < -0.3 is 0 Å². The maximum atomic E-state index is 12.3. The molecule has 0 aliphatic carbocycles. The molecule has 0 aliphatic rings. The molecule has 0 spiro atoms. The van der Waals surface area contributed by atoms with Crippen LogP contribution in [0, 0.1) is 0 Å². The second-order valence-electron chi connectivity index (χ2n) is 6.74. The van der Waals surface area contributed by atoms with Crippen LogP contribution < -0.4 is 0 Å². The van der Waals surface area contributed by atoms with Crippen LogP contribution in [0.1, 0.15) is 71.3 Å². The lowest BCUT2D eigenvalue weighted by Crippen LogP contribution is -2.15. The van der Waals surface area contributed by atoms with Crippen molar-refractivity contribution in [3.63, 3.8) is 0 Å². The summed E-state index contributed by atoms with van der Waals surface area (Å²) in [4.78, 5) is 24.4. The van der Waals surface area contributed by atoms with Crippen molar-refractivity contribution in [2.24, 2.45) is 0 Å². The molecule has 0 radical (unpaired) electrons. The average molecular weight is 320 g/mol. The first-order chi connectivity index (χ1) is 10.3. The Morgan fingerprint density at radius 2 is 1.73 bits per heavy atom. The van der Waals surface area contributed by atoms with Crippen molar-refractivity contribution in [2.45, 2.75) is 70.5 Å². The van der Waals surface area contributed by atoms with E-state index in [1.807, 2.05) is 51.1 Å². The fraction of sp³-hybridized carbons (Fsp3) is 0.579. The van der Waals surface area contributed by atoms with Crippen LogP contribution >= 0.6 is 11.8 Å². The summed E-state index contributed by atoms with van der Waals surface area (Å²) in [5.41, 5.74) is 1.09. The molecule has 1 aromatic carbocycles. The summed E-state index contributed by atoms with van der Waals surface area (Å²) in [6.45, 7) is 8.21. The highest BCUT2D eigenvalue weighted by Crippen LogP contribution is 2.31. The maximum Gasteiger partial charge on any atom is 0.190 e. The van der Waals surface area contributed by atoms with Gasteiger partial charge in [0.15, 0.2) is 5.12 Å². The van der Waals surface area contributed by atoms with Crippen molar-refractivity contribution < 1.29 is 9.59 Å². The molecule has 122 valence electrons. The maximum absolute atomic E-state index is 12.3. The molecule has 0 N–H and O–H groups in total. The molecular weight excluding hydrogens is 292 g/mol. The van der Waals surface area contributed by atoms with E-state index in [1.54, 1.807) is 0 Å². The van der Waals surface area contributed by atoms with Gasteiger partial charge in [0.05, 0.1) is 0 Å². The van der Waals surface area contributed by atoms with Crippen molar-refractivity contribution in [2.75, 3.05) is 0 Å². The largest absolute Gasteiger partial charge is 0.300 e. The Morgan fingerprint density at radius 3 is 2.27 bits per heavy atom. The number of hydrogen-bond acceptors (Lipinski definition) is 3. The van der Waals surface area contributed by atoms with E-state index in [0.717, 1.165) is 18.4 Å². The average Bonchev–Trinajstić information content (AvgIpc) is 2.43. The summed E-state index contributed by atoms with van der Waals surface area (Å²) in [7, 11) is 0. The van der Waals surface area contributed by atoms with Crippen LogP contribution in [-0.4, -0.2) is 15.6 Å². The lowest BCUT2D eigenvalue weighted by molar-refractivity contribution is -0.119. The Labute approximate surface area is 139 Å². The minimum atomic E-state index is -0.0788. The zero-order valence-electron chi connectivity index (χ0n) is 14.2. The Bertz CT molecular complexity index is 474. The van der Waals surface area contributed by atoms with E-state index in [4.69, 9.17) is 0 Å². The van der Waals surface area contributed by atoms with Crippen molar-refractivity contribution in [3.05, 3.63) is 35.9 Å². The van der Waals surface area contributed by atoms with Gasteiger partial charge in [0, 0.05) is 24.0 Å². The van der Waals surface area contributed by atoms with Gasteiger partial charge in [-0.1, -0.05) is 76.2 Å². The normalized spacial score (nSPS) is 12.9. The molecule has 3 heteroatoms. The number of carbonyl (C=O) groups excluding carboxylic acids is 2. The zero-order chi connectivity index (χ0) is 16.6. The van der Waals surface area contributed by atoms with Crippen LogP contribution in [0.4, 0.5) is 0 Å². The Hall–Kier alpha value is -1.09. The molecule has 0 saturated carbocycles. The zero-order valence-corrected chi connectivity index (χ0v) is 15.0. The van der Waals surface area contributed by atoms with Crippen molar-refractivity contribution in [1.82, 2.24) is 0 Å². The number of unbranched alkanes of at least 4 members (excludes halogenated alkanes) is 1. The fourth-order valence-electron chi connectivity index (χ4n) is 2.37. The van der Waals surface area contributed by atoms with E-state index in [-0.39, 0.29) is 21.6 Å². The summed E-state index contributed by atoms with van der Waals surface area (Å²) >= 11 is 1.37. The van der Waals surface area contributed by atoms with Crippen LogP contribution in [-0.2, 0) is 9.59 Å². The van der Waals surface area contributed by atoms with Crippen molar-refractivity contribution >= 4 is 22.7 Å². The van der Waals surface area contributed by atoms with Gasteiger partial charge in [-0.3, -0.25) is 9.59 Å². The highest BCUT2D eigenvalue weighted by molar-refractivity contribution is 8.14. The van der Waals surface area contributed by atoms with Gasteiger partial charge >= 0.3 is 0 Å². The van der Waals surface area contributed by atoms with Gasteiger partial charge in [0.25, 0.3) is 0 Å². The monoisotopic (exact) mass is 320 g/mol. The number of ketones is 1. The molecule has 0 fully saturated rings. The Morgan fingerprint density at radius 1 is 1.09 bits per heavy atom. The molecule has 0 saturated heterocycles. The molecule has 0 bridgehead atoms. The van der Waals surface area contributed by atoms with Crippen LogP contribution in [0.2, 0.25) is 0 Å². The predicted molar refractivity (Wildman–Crippen MR) is 95.3 cm³/mol. The van der Waals surface area contributed by atoms with E-state index in [9.17, 15) is 9.59 Å². The Balaban J connectivity index is 2.75. The van der Waals surface area contributed by atoms with Crippen molar-refractivity contribution in [3.8, 4) is 0 Å². The van der Waals surface area contributed by atoms with E-state index in [0.29, 0.717) is 19.3 Å². The molecule has 22 heavy (non-hydrogen) atoms. The van der Waals surface area contributed by atoms with Gasteiger partial charge in [-0.05, 0) is 17.9 Å². The summed E-state index contributed by atoms with van der Waals surface area (Å²) in [6.07, 6.45) is 3.50. The van der Waals surface area contributed by atoms with E-state index in [1.165, 1.54) is 11.8 Å². The minimum absolute atomic E-state index is 0.00732. The summed E-state index contributed by atoms with van der Waals surface area (Å²) in [5.74, 6) is 0.275. The number of hydrogen-bond donors (Lipinski definition) is 0. The van der Waals surface area contributed by atoms with Gasteiger partial charge in [-0.2, -0.15) is 0 Å². The summed E-state index contributed by atoms with van der Waals surface area (Å²) < 4.78 is -0.0788. The first-order valence-electron chi connectivity index (χ1n) is 8.10. The smallest absolute Gasteiger partial charge is 0.190 e. The summed E-state index contributed by atoms with van der Waals surface area (Å²) in [6, 6.07) is 9.95. The SMILES string of the molecule is CCCCC(=O)C[C@@H](CC(=O)SC(C)(C)C)c1ccccc1. The molecule has 0 amide bonds. The first-order valence-corrected chi connectivity index (χ1v) is 8.92. The predicted octanol–water partition coefficient (Wildman–Crippen LogP) is 5.37. The van der Waals surface area contributed by atoms with Crippen LogP contribution in [0.15, 0.2) is 30.3 Å². The molecule has 1 rings (SSSR count). The second kappa shape index (κ2) is 9.14. The number of rotatable bonds is 8. The van der Waals surface area contributed by atoms with E-state index < -0.39 is 0 Å². The van der Waals surface area contributed by atoms with E-state index >= 15 is 0 Å². The second-order valence-corrected chi connectivity index (χ2v) is 8.63. The van der Waals surface area contributed by atoms with E-state index in [2.05, 4.69) is 6.92 Å². The minimum Gasteiger partial charge on any atom is -0.300 e. The van der Waals surface area contributed by atoms with Crippen LogP contribution in [0.25, 0.3) is 0 Å². The first kappa shape index (κ1) is 19.0. The standard InChI is InChI=1S/C19H28O2S/c1-5-6-12-17(20)13-16(15-10-8-7-9-11-15)14-18(21)22-19(2,3)4/h7-11,16H,5-6,12-14H2,1-4H3/t16-/m0/s1. The van der Waals surface area contributed by atoms with Crippen molar-refractivity contribution in [1.29, 1.82) is 0 Å². The highest BCUT2D eigenvalue weighted by atomic mass is 32.2. The third kappa shape index (κ3) is 7.79. The number of Topliss-reactive ketones (excluding diaryl/α,β-unsaturated/α-hetero) is 1. The number of thioether (sulfide) groups is 1. The van der Waals surface area contributed by atoms with Crippen LogP contribution in [0.3, 0.4) is 0 Å². The van der Waals surface area contributed by atoms with Gasteiger partial charge in [0.2, 0.25) is 0 Å². The van der Waals surface area contributed by atoms with Crippen LogP contribution in [0.5, 0.6) is 0 Å². The molecular formula is C19H28O2S. The lowest BCUT2D eigenvalue weighted by Gasteiger charge is -2.20. The molecule has 0 aliphatic heterocycles. The number of carbonyl (C=O) groups is 2. The third-order valence-electron chi connectivity index (χ3n) is 3.39. The topological polar surface area (TPSA) is 34.1 Å². The van der Waals surface area contributed by atoms with Gasteiger partial charge in [-0.15, -0.1) is 0 Å². The quantitative estimate of drug-likeness (QED) is 0.646. The van der Waals surface area contributed by atoms with Gasteiger partial charge in [0.1, 0.15) is 5.78 Å². The Kier molecular flexibility index (Phi) is 7.88. The summed E-state index contributed by atoms with van der Waals surface area (Å²) in [5, 5.41) is 0.171. The lowest BCUT2D eigenvalue weighted by atomic mass is 9.90. The van der Waals surface area contributed by atoms with Gasteiger partial charge in [-0.25, -0.2) is 0 Å².